The van der Waals surface area contributed by atoms with Crippen LogP contribution in [0.2, 0.25) is 0 Å². The van der Waals surface area contributed by atoms with E-state index in [-0.39, 0.29) is 18.9 Å². The van der Waals surface area contributed by atoms with Crippen molar-refractivity contribution in [1.29, 1.82) is 0 Å². The van der Waals surface area contributed by atoms with E-state index in [1.165, 1.54) is 7.11 Å². The van der Waals surface area contributed by atoms with E-state index < -0.39 is 43.2 Å². The number of carbonyl (C=O) groups is 2. The summed E-state index contributed by atoms with van der Waals surface area (Å²) < 4.78 is 26.1. The van der Waals surface area contributed by atoms with E-state index in [9.17, 15) is 24.9 Å². The van der Waals surface area contributed by atoms with Gasteiger partial charge in [0.15, 0.2) is 6.29 Å². The van der Waals surface area contributed by atoms with Gasteiger partial charge in [-0.15, -0.1) is 0 Å². The van der Waals surface area contributed by atoms with Gasteiger partial charge in [0.2, 0.25) is 5.91 Å². The number of nitrogens with one attached hydrogen (secondary N) is 2. The molecule has 5 atom stereocenters. The first-order valence-electron chi connectivity index (χ1n) is 10.9. The van der Waals surface area contributed by atoms with Crippen molar-refractivity contribution in [3.8, 4) is 0 Å². The van der Waals surface area contributed by atoms with Gasteiger partial charge >= 0.3 is 6.09 Å². The number of hydrogen-bond donors (Lipinski definition) is 5. The van der Waals surface area contributed by atoms with Crippen LogP contribution in [0.25, 0.3) is 0 Å². The van der Waals surface area contributed by atoms with Gasteiger partial charge in [-0.2, -0.15) is 0 Å². The second-order valence-electron chi connectivity index (χ2n) is 7.39. The molecule has 1 heterocycles. The Kier molecular flexibility index (Phi) is 15.1. The van der Waals surface area contributed by atoms with Crippen LogP contribution in [0.15, 0.2) is 0 Å². The van der Waals surface area contributed by atoms with E-state index in [2.05, 4.69) is 15.4 Å². The molecule has 1 fully saturated rings. The Labute approximate surface area is 188 Å². The first-order chi connectivity index (χ1) is 15.4. The second-order valence-corrected chi connectivity index (χ2v) is 7.39. The van der Waals surface area contributed by atoms with Crippen molar-refractivity contribution >= 4 is 12.0 Å². The molecule has 1 aliphatic heterocycles. The zero-order chi connectivity index (χ0) is 23.8. The van der Waals surface area contributed by atoms with Crippen LogP contribution in [0.4, 0.5) is 4.79 Å². The van der Waals surface area contributed by atoms with Crippen molar-refractivity contribution < 1.29 is 48.6 Å². The zero-order valence-corrected chi connectivity index (χ0v) is 18.9. The third kappa shape index (κ3) is 11.4. The maximum absolute atomic E-state index is 11.9. The number of alkyl carbamates (subject to hydrolysis) is 1. The Hall–Kier alpha value is -1.54. The summed E-state index contributed by atoms with van der Waals surface area (Å²) in [6, 6.07) is 0. The summed E-state index contributed by atoms with van der Waals surface area (Å²) in [6.45, 7) is 4.08. The Morgan fingerprint density at radius 2 is 1.66 bits per heavy atom. The number of hydrogen-bond acceptors (Lipinski definition) is 10. The quantitative estimate of drug-likeness (QED) is 0.174. The topological polar surface area (TPSA) is 165 Å². The van der Waals surface area contributed by atoms with Crippen LogP contribution in [-0.2, 0) is 28.5 Å². The van der Waals surface area contributed by atoms with E-state index in [4.69, 9.17) is 18.9 Å². The van der Waals surface area contributed by atoms with Gasteiger partial charge in [0.25, 0.3) is 0 Å². The molecular formula is C20H38N2O10. The van der Waals surface area contributed by atoms with Crippen LogP contribution in [0.5, 0.6) is 0 Å². The van der Waals surface area contributed by atoms with E-state index in [1.807, 2.05) is 0 Å². The molecule has 1 rings (SSSR count). The summed E-state index contributed by atoms with van der Waals surface area (Å²) in [5.74, 6) is -0.556. The molecule has 12 heteroatoms. The monoisotopic (exact) mass is 466 g/mol. The van der Waals surface area contributed by atoms with Gasteiger partial charge in [0, 0.05) is 32.0 Å². The van der Waals surface area contributed by atoms with Crippen LogP contribution in [0.1, 0.15) is 26.2 Å². The van der Waals surface area contributed by atoms with Crippen molar-refractivity contribution in [3.63, 3.8) is 0 Å². The predicted octanol–water partition coefficient (Wildman–Crippen LogP) is -1.25. The predicted molar refractivity (Wildman–Crippen MR) is 112 cm³/mol. The molecule has 0 aliphatic carbocycles. The number of amides is 2. The van der Waals surface area contributed by atoms with Gasteiger partial charge in [0.05, 0.1) is 46.2 Å². The number of ether oxygens (including phenoxy) is 5. The van der Waals surface area contributed by atoms with Gasteiger partial charge in [-0.05, 0) is 12.8 Å². The summed E-state index contributed by atoms with van der Waals surface area (Å²) in [4.78, 5) is 22.7. The van der Waals surface area contributed by atoms with Crippen molar-refractivity contribution in [1.82, 2.24) is 10.6 Å². The highest BCUT2D eigenvalue weighted by Gasteiger charge is 2.42. The molecule has 188 valence electrons. The van der Waals surface area contributed by atoms with Crippen LogP contribution in [0, 0.1) is 5.92 Å². The summed E-state index contributed by atoms with van der Waals surface area (Å²) in [5, 5.41) is 34.3. The van der Waals surface area contributed by atoms with Crippen molar-refractivity contribution in [3.05, 3.63) is 0 Å². The lowest BCUT2D eigenvalue weighted by molar-refractivity contribution is -0.282. The molecule has 1 saturated heterocycles. The molecule has 0 aromatic heterocycles. The lowest BCUT2D eigenvalue weighted by atomic mass is 9.92. The first-order valence-corrected chi connectivity index (χ1v) is 10.9. The van der Waals surface area contributed by atoms with Crippen LogP contribution >= 0.6 is 0 Å². The molecule has 1 aliphatic rings. The minimum Gasteiger partial charge on any atom is -0.453 e. The lowest BCUT2D eigenvalue weighted by Gasteiger charge is -2.40. The Morgan fingerprint density at radius 1 is 0.938 bits per heavy atom. The molecule has 5 N–H and O–H groups in total. The molecule has 32 heavy (non-hydrogen) atoms. The standard InChI is InChI=1S/C20H38N2O10/c1-14-17(25)18(26)15(13-23)32-19(14)31-9-3-5-16(24)21-6-4-8-29-11-12-30-10-7-22-20(27)28-2/h14-15,17-19,23,25-26H,3-13H2,1-2H3,(H,21,24)(H,22,27). The van der Waals surface area contributed by atoms with E-state index in [0.29, 0.717) is 52.4 Å². The number of aliphatic hydroxyl groups excluding tert-OH is 3. The molecular weight excluding hydrogens is 428 g/mol. The Bertz CT molecular complexity index is 523. The molecule has 2 amide bonds. The number of aliphatic hydroxyl groups is 3. The highest BCUT2D eigenvalue weighted by atomic mass is 16.7. The molecule has 5 unspecified atom stereocenters. The highest BCUT2D eigenvalue weighted by Crippen LogP contribution is 2.26. The Balaban J connectivity index is 1.95. The number of methoxy groups -OCH3 is 1. The van der Waals surface area contributed by atoms with Gasteiger partial charge in [-0.1, -0.05) is 6.92 Å². The third-order valence-electron chi connectivity index (χ3n) is 4.88. The van der Waals surface area contributed by atoms with Crippen LogP contribution in [-0.4, -0.2) is 112 Å². The fourth-order valence-corrected chi connectivity index (χ4v) is 2.95. The molecule has 0 aromatic carbocycles. The number of rotatable bonds is 16. The van der Waals surface area contributed by atoms with Crippen LogP contribution < -0.4 is 10.6 Å². The maximum atomic E-state index is 11.9. The summed E-state index contributed by atoms with van der Waals surface area (Å²) in [5.41, 5.74) is 0. The maximum Gasteiger partial charge on any atom is 0.406 e. The average molecular weight is 467 g/mol. The minimum atomic E-state index is -1.16. The third-order valence-corrected chi connectivity index (χ3v) is 4.88. The van der Waals surface area contributed by atoms with Crippen molar-refractivity contribution in [2.45, 2.75) is 50.8 Å². The summed E-state index contributed by atoms with van der Waals surface area (Å²) in [7, 11) is 1.29. The fraction of sp³-hybridized carbons (Fsp3) is 0.900. The van der Waals surface area contributed by atoms with Gasteiger partial charge in [-0.25, -0.2) is 4.79 Å². The van der Waals surface area contributed by atoms with E-state index >= 15 is 0 Å². The second kappa shape index (κ2) is 17.0. The molecule has 0 aromatic rings. The lowest BCUT2D eigenvalue weighted by Crippen LogP contribution is -2.55. The van der Waals surface area contributed by atoms with Gasteiger partial charge in [-0.3, -0.25) is 4.79 Å². The smallest absolute Gasteiger partial charge is 0.406 e. The number of carbonyl (C=O) groups excluding carboxylic acids is 2. The van der Waals surface area contributed by atoms with Gasteiger partial charge in [0.1, 0.15) is 12.2 Å². The summed E-state index contributed by atoms with van der Waals surface area (Å²) in [6.07, 6.45) is -2.93. The molecule has 0 spiro atoms. The van der Waals surface area contributed by atoms with Gasteiger partial charge < -0.3 is 49.6 Å². The first kappa shape index (κ1) is 28.5. The van der Waals surface area contributed by atoms with Crippen molar-refractivity contribution in [2.75, 3.05) is 59.8 Å². The zero-order valence-electron chi connectivity index (χ0n) is 18.9. The minimum absolute atomic E-state index is 0.101. The normalized spacial score (nSPS) is 25.3. The highest BCUT2D eigenvalue weighted by molar-refractivity contribution is 5.75. The van der Waals surface area contributed by atoms with Crippen molar-refractivity contribution in [2.24, 2.45) is 5.92 Å². The molecule has 0 saturated carbocycles. The summed E-state index contributed by atoms with van der Waals surface area (Å²) >= 11 is 0. The fourth-order valence-electron chi connectivity index (χ4n) is 2.95. The molecule has 12 nitrogen and oxygen atoms in total. The molecule has 0 radical (unpaired) electrons. The SMILES string of the molecule is COC(=O)NCCOCCOCCCNC(=O)CCCOC1OC(CO)C(O)C(O)C1C. The molecule has 0 bridgehead atoms. The van der Waals surface area contributed by atoms with E-state index in [1.54, 1.807) is 6.92 Å². The largest absolute Gasteiger partial charge is 0.453 e. The van der Waals surface area contributed by atoms with Crippen LogP contribution in [0.3, 0.4) is 0 Å². The average Bonchev–Trinajstić information content (AvgIpc) is 2.79. The Morgan fingerprint density at radius 3 is 2.34 bits per heavy atom. The van der Waals surface area contributed by atoms with E-state index in [0.717, 1.165) is 0 Å².